The van der Waals surface area contributed by atoms with Gasteiger partial charge in [0.2, 0.25) is 0 Å². The van der Waals surface area contributed by atoms with Crippen molar-refractivity contribution in [3.63, 3.8) is 0 Å². The van der Waals surface area contributed by atoms with Crippen LogP contribution in [0.5, 0.6) is 0 Å². The largest absolute Gasteiger partial charge is 0.329 e. The average Bonchev–Trinajstić information content (AvgIpc) is 2.33. The maximum atomic E-state index is 11.6. The third-order valence-electron chi connectivity index (χ3n) is 3.53. The van der Waals surface area contributed by atoms with E-state index in [9.17, 15) is 8.42 Å². The monoisotopic (exact) mass is 268 g/mol. The Morgan fingerprint density at radius 1 is 1.39 bits per heavy atom. The molecule has 1 saturated heterocycles. The summed E-state index contributed by atoms with van der Waals surface area (Å²) in [5.41, 5.74) is 7.03. The molecule has 2 atom stereocenters. The summed E-state index contributed by atoms with van der Waals surface area (Å²) in [5.74, 6) is 0.469. The zero-order valence-electron chi connectivity index (χ0n) is 10.6. The van der Waals surface area contributed by atoms with Crippen LogP contribution in [0.2, 0.25) is 0 Å². The van der Waals surface area contributed by atoms with Gasteiger partial charge in [-0.2, -0.15) is 0 Å². The van der Waals surface area contributed by atoms with Crippen molar-refractivity contribution in [1.82, 2.24) is 4.90 Å². The van der Waals surface area contributed by atoms with Crippen LogP contribution < -0.4 is 5.73 Å². The predicted octanol–water partition coefficient (Wildman–Crippen LogP) is 0.805. The maximum absolute atomic E-state index is 11.6. The van der Waals surface area contributed by atoms with Crippen molar-refractivity contribution in [3.8, 4) is 0 Å². The fraction of sp³-hybridized carbons (Fsp3) is 0.538. The van der Waals surface area contributed by atoms with Gasteiger partial charge in [-0.05, 0) is 12.5 Å². The van der Waals surface area contributed by atoms with Crippen LogP contribution in [0.3, 0.4) is 0 Å². The summed E-state index contributed by atoms with van der Waals surface area (Å²) in [7, 11) is -2.87. The molecule has 1 fully saturated rings. The standard InChI is InChI=1S/C13H20N2O2S/c1-11-10-18(16,17)8-7-15(11)13(9-14)12-5-3-2-4-6-12/h2-6,11,13H,7-10,14H2,1H3. The highest BCUT2D eigenvalue weighted by Crippen LogP contribution is 2.25. The Bertz CT molecular complexity index is 487. The van der Waals surface area contributed by atoms with Gasteiger partial charge in [-0.3, -0.25) is 4.90 Å². The molecule has 0 amide bonds. The molecule has 100 valence electrons. The second-order valence-electron chi connectivity index (χ2n) is 4.86. The van der Waals surface area contributed by atoms with Crippen molar-refractivity contribution in [2.75, 3.05) is 24.6 Å². The van der Waals surface area contributed by atoms with Gasteiger partial charge in [-0.15, -0.1) is 0 Å². The molecular weight excluding hydrogens is 248 g/mol. The minimum Gasteiger partial charge on any atom is -0.329 e. The van der Waals surface area contributed by atoms with Gasteiger partial charge in [-0.1, -0.05) is 30.3 Å². The van der Waals surface area contributed by atoms with Gasteiger partial charge in [0, 0.05) is 25.2 Å². The Balaban J connectivity index is 2.19. The summed E-state index contributed by atoms with van der Waals surface area (Å²) < 4.78 is 23.2. The number of nitrogens with two attached hydrogens (primary N) is 1. The first kappa shape index (κ1) is 13.5. The molecule has 1 heterocycles. The van der Waals surface area contributed by atoms with E-state index in [1.165, 1.54) is 0 Å². The van der Waals surface area contributed by atoms with Crippen molar-refractivity contribution in [1.29, 1.82) is 0 Å². The lowest BCUT2D eigenvalue weighted by atomic mass is 10.0. The van der Waals surface area contributed by atoms with Crippen LogP contribution >= 0.6 is 0 Å². The lowest BCUT2D eigenvalue weighted by molar-refractivity contribution is 0.162. The Kier molecular flexibility index (Phi) is 4.04. The molecular formula is C13H20N2O2S. The van der Waals surface area contributed by atoms with E-state index in [0.29, 0.717) is 13.1 Å². The molecule has 18 heavy (non-hydrogen) atoms. The SMILES string of the molecule is CC1CS(=O)(=O)CCN1C(CN)c1ccccc1. The van der Waals surface area contributed by atoms with Crippen LogP contribution in [0, 0.1) is 0 Å². The third kappa shape index (κ3) is 2.91. The van der Waals surface area contributed by atoms with Gasteiger partial charge in [0.25, 0.3) is 0 Å². The zero-order chi connectivity index (χ0) is 13.2. The summed E-state index contributed by atoms with van der Waals surface area (Å²) in [4.78, 5) is 2.20. The fourth-order valence-electron chi connectivity index (χ4n) is 2.61. The van der Waals surface area contributed by atoms with E-state index >= 15 is 0 Å². The molecule has 5 heteroatoms. The Hall–Kier alpha value is -0.910. The van der Waals surface area contributed by atoms with Crippen molar-refractivity contribution in [3.05, 3.63) is 35.9 Å². The van der Waals surface area contributed by atoms with Crippen molar-refractivity contribution in [2.45, 2.75) is 19.0 Å². The molecule has 1 aromatic rings. The molecule has 1 aliphatic rings. The molecule has 1 aromatic carbocycles. The van der Waals surface area contributed by atoms with E-state index < -0.39 is 9.84 Å². The summed E-state index contributed by atoms with van der Waals surface area (Å²) in [6.07, 6.45) is 0. The van der Waals surface area contributed by atoms with E-state index in [4.69, 9.17) is 5.73 Å². The Labute approximate surface area is 109 Å². The highest BCUT2D eigenvalue weighted by atomic mass is 32.2. The van der Waals surface area contributed by atoms with Gasteiger partial charge >= 0.3 is 0 Å². The summed E-state index contributed by atoms with van der Waals surface area (Å²) in [5, 5.41) is 0. The number of rotatable bonds is 3. The van der Waals surface area contributed by atoms with Crippen molar-refractivity contribution < 1.29 is 8.42 Å². The van der Waals surface area contributed by atoms with Crippen LogP contribution in [0.15, 0.2) is 30.3 Å². The summed E-state index contributed by atoms with van der Waals surface area (Å²) in [6, 6.07) is 10.2. The van der Waals surface area contributed by atoms with Crippen LogP contribution in [0.4, 0.5) is 0 Å². The Morgan fingerprint density at radius 2 is 2.06 bits per heavy atom. The van der Waals surface area contributed by atoms with Gasteiger partial charge in [-0.25, -0.2) is 8.42 Å². The Morgan fingerprint density at radius 3 is 2.61 bits per heavy atom. The number of nitrogens with zero attached hydrogens (tertiary/aromatic N) is 1. The highest BCUT2D eigenvalue weighted by molar-refractivity contribution is 7.91. The molecule has 0 aromatic heterocycles. The van der Waals surface area contributed by atoms with Gasteiger partial charge < -0.3 is 5.73 Å². The lowest BCUT2D eigenvalue weighted by Crippen LogP contribution is -2.50. The maximum Gasteiger partial charge on any atom is 0.153 e. The minimum atomic E-state index is -2.87. The number of sulfone groups is 1. The van der Waals surface area contributed by atoms with Gasteiger partial charge in [0.05, 0.1) is 11.5 Å². The van der Waals surface area contributed by atoms with Crippen LogP contribution in [0.25, 0.3) is 0 Å². The molecule has 0 spiro atoms. The van der Waals surface area contributed by atoms with Crippen LogP contribution in [0.1, 0.15) is 18.5 Å². The second kappa shape index (κ2) is 5.38. The summed E-state index contributed by atoms with van der Waals surface area (Å²) in [6.45, 7) is 3.04. The minimum absolute atomic E-state index is 0.0255. The smallest absolute Gasteiger partial charge is 0.153 e. The highest BCUT2D eigenvalue weighted by Gasteiger charge is 2.32. The van der Waals surface area contributed by atoms with E-state index in [2.05, 4.69) is 4.90 Å². The van der Waals surface area contributed by atoms with E-state index in [0.717, 1.165) is 5.56 Å². The first-order chi connectivity index (χ1) is 8.53. The van der Waals surface area contributed by atoms with Gasteiger partial charge in [0.15, 0.2) is 9.84 Å². The van der Waals surface area contributed by atoms with E-state index in [-0.39, 0.29) is 23.6 Å². The average molecular weight is 268 g/mol. The third-order valence-corrected chi connectivity index (χ3v) is 5.32. The lowest BCUT2D eigenvalue weighted by Gasteiger charge is -2.39. The molecule has 0 bridgehead atoms. The molecule has 0 saturated carbocycles. The predicted molar refractivity (Wildman–Crippen MR) is 73.1 cm³/mol. The number of hydrogen-bond donors (Lipinski definition) is 1. The molecule has 1 aliphatic heterocycles. The zero-order valence-corrected chi connectivity index (χ0v) is 11.4. The van der Waals surface area contributed by atoms with E-state index in [1.54, 1.807) is 0 Å². The molecule has 4 nitrogen and oxygen atoms in total. The van der Waals surface area contributed by atoms with Crippen LogP contribution in [-0.4, -0.2) is 44.0 Å². The molecule has 2 rings (SSSR count). The van der Waals surface area contributed by atoms with Crippen molar-refractivity contribution in [2.24, 2.45) is 5.73 Å². The normalized spacial score (nSPS) is 25.8. The van der Waals surface area contributed by atoms with Crippen molar-refractivity contribution >= 4 is 9.84 Å². The van der Waals surface area contributed by atoms with E-state index in [1.807, 2.05) is 37.3 Å². The van der Waals surface area contributed by atoms with Crippen LogP contribution in [-0.2, 0) is 9.84 Å². The second-order valence-corrected chi connectivity index (χ2v) is 7.09. The molecule has 2 N–H and O–H groups in total. The number of hydrogen-bond acceptors (Lipinski definition) is 4. The topological polar surface area (TPSA) is 63.4 Å². The molecule has 2 unspecified atom stereocenters. The fourth-order valence-corrected chi connectivity index (χ4v) is 4.19. The van der Waals surface area contributed by atoms with Gasteiger partial charge in [0.1, 0.15) is 0 Å². The number of benzene rings is 1. The summed E-state index contributed by atoms with van der Waals surface area (Å²) >= 11 is 0. The molecule has 0 radical (unpaired) electrons. The molecule has 0 aliphatic carbocycles. The first-order valence-electron chi connectivity index (χ1n) is 6.24. The quantitative estimate of drug-likeness (QED) is 0.881. The first-order valence-corrected chi connectivity index (χ1v) is 8.07.